The Hall–Kier alpha value is -0.550. The highest BCUT2D eigenvalue weighted by Crippen LogP contribution is 2.12. The van der Waals surface area contributed by atoms with Crippen LogP contribution in [0.4, 0.5) is 0 Å². The van der Waals surface area contributed by atoms with Gasteiger partial charge in [0.15, 0.2) is 5.22 Å². The molecular weight excluding hydrogens is 218 g/mol. The SMILES string of the molecule is Clc1ccc(CNCC2COCCO2)o1. The maximum atomic E-state index is 5.65. The van der Waals surface area contributed by atoms with Crippen molar-refractivity contribution in [1.82, 2.24) is 5.32 Å². The first-order chi connectivity index (χ1) is 7.34. The molecular formula is C10H14ClNO3. The van der Waals surface area contributed by atoms with E-state index >= 15 is 0 Å². The number of furan rings is 1. The lowest BCUT2D eigenvalue weighted by Crippen LogP contribution is -2.37. The molecule has 1 fully saturated rings. The van der Waals surface area contributed by atoms with Gasteiger partial charge in [0.05, 0.1) is 32.5 Å². The Morgan fingerprint density at radius 3 is 3.00 bits per heavy atom. The van der Waals surface area contributed by atoms with Crippen molar-refractivity contribution in [2.75, 3.05) is 26.4 Å². The minimum Gasteiger partial charge on any atom is -0.448 e. The lowest BCUT2D eigenvalue weighted by molar-refractivity contribution is -0.0865. The summed E-state index contributed by atoms with van der Waals surface area (Å²) in [6.45, 7) is 3.46. The summed E-state index contributed by atoms with van der Waals surface area (Å²) in [5.74, 6) is 0.830. The molecule has 0 aromatic carbocycles. The van der Waals surface area contributed by atoms with E-state index in [2.05, 4.69) is 5.32 Å². The van der Waals surface area contributed by atoms with Gasteiger partial charge in [-0.25, -0.2) is 0 Å². The normalized spacial score (nSPS) is 21.8. The summed E-state index contributed by atoms with van der Waals surface area (Å²) in [5, 5.41) is 3.65. The molecule has 0 amide bonds. The summed E-state index contributed by atoms with van der Waals surface area (Å²) in [7, 11) is 0. The fourth-order valence-electron chi connectivity index (χ4n) is 1.46. The van der Waals surface area contributed by atoms with Crippen molar-refractivity contribution in [3.8, 4) is 0 Å². The summed E-state index contributed by atoms with van der Waals surface area (Å²) < 4.78 is 16.0. The highest BCUT2D eigenvalue weighted by molar-refractivity contribution is 6.28. The lowest BCUT2D eigenvalue weighted by atomic mass is 10.3. The van der Waals surface area contributed by atoms with Crippen molar-refractivity contribution in [3.63, 3.8) is 0 Å². The topological polar surface area (TPSA) is 43.6 Å². The second-order valence-corrected chi connectivity index (χ2v) is 3.78. The molecule has 0 saturated carbocycles. The van der Waals surface area contributed by atoms with Crippen LogP contribution in [-0.2, 0) is 16.0 Å². The van der Waals surface area contributed by atoms with Crippen LogP contribution < -0.4 is 5.32 Å². The van der Waals surface area contributed by atoms with Crippen LogP contribution in [0.5, 0.6) is 0 Å². The van der Waals surface area contributed by atoms with Gasteiger partial charge in [0.25, 0.3) is 0 Å². The predicted molar refractivity (Wildman–Crippen MR) is 56.0 cm³/mol. The van der Waals surface area contributed by atoms with Gasteiger partial charge in [0.1, 0.15) is 5.76 Å². The molecule has 0 aliphatic carbocycles. The molecule has 1 aromatic heterocycles. The van der Waals surface area contributed by atoms with E-state index in [-0.39, 0.29) is 6.10 Å². The Balaban J connectivity index is 1.65. The number of hydrogen-bond acceptors (Lipinski definition) is 4. The van der Waals surface area contributed by atoms with E-state index < -0.39 is 0 Å². The minimum atomic E-state index is 0.143. The Bertz CT molecular complexity index is 297. The van der Waals surface area contributed by atoms with Gasteiger partial charge < -0.3 is 19.2 Å². The standard InChI is InChI=1S/C10H14ClNO3/c11-10-2-1-8(15-10)5-12-6-9-7-13-3-4-14-9/h1-2,9,12H,3-7H2. The molecule has 1 N–H and O–H groups in total. The van der Waals surface area contributed by atoms with Gasteiger partial charge in [-0.15, -0.1) is 0 Å². The van der Waals surface area contributed by atoms with Gasteiger partial charge in [0, 0.05) is 6.54 Å². The zero-order valence-corrected chi connectivity index (χ0v) is 9.13. The zero-order chi connectivity index (χ0) is 10.5. The highest BCUT2D eigenvalue weighted by atomic mass is 35.5. The molecule has 1 atom stereocenters. The number of halogens is 1. The van der Waals surface area contributed by atoms with Crippen molar-refractivity contribution in [2.45, 2.75) is 12.6 Å². The molecule has 1 aromatic rings. The Morgan fingerprint density at radius 1 is 1.40 bits per heavy atom. The van der Waals surface area contributed by atoms with E-state index in [1.165, 1.54) is 0 Å². The van der Waals surface area contributed by atoms with Crippen LogP contribution in [0.25, 0.3) is 0 Å². The van der Waals surface area contributed by atoms with Crippen LogP contribution in [0.3, 0.4) is 0 Å². The molecule has 2 heterocycles. The number of hydrogen-bond donors (Lipinski definition) is 1. The minimum absolute atomic E-state index is 0.143. The highest BCUT2D eigenvalue weighted by Gasteiger charge is 2.13. The van der Waals surface area contributed by atoms with E-state index in [9.17, 15) is 0 Å². The van der Waals surface area contributed by atoms with E-state index in [0.717, 1.165) is 12.3 Å². The van der Waals surface area contributed by atoms with Crippen molar-refractivity contribution >= 4 is 11.6 Å². The third-order valence-corrected chi connectivity index (χ3v) is 2.39. The van der Waals surface area contributed by atoms with Gasteiger partial charge in [0.2, 0.25) is 0 Å². The van der Waals surface area contributed by atoms with Gasteiger partial charge in [-0.05, 0) is 23.7 Å². The molecule has 15 heavy (non-hydrogen) atoms. The maximum absolute atomic E-state index is 5.65. The molecule has 84 valence electrons. The van der Waals surface area contributed by atoms with Gasteiger partial charge in [-0.2, -0.15) is 0 Å². The first-order valence-corrected chi connectivity index (χ1v) is 5.36. The summed E-state index contributed by atoms with van der Waals surface area (Å²) in [5.41, 5.74) is 0. The van der Waals surface area contributed by atoms with Gasteiger partial charge in [-0.1, -0.05) is 0 Å². The Morgan fingerprint density at radius 2 is 2.33 bits per heavy atom. The number of rotatable bonds is 4. The van der Waals surface area contributed by atoms with E-state index in [4.69, 9.17) is 25.5 Å². The third kappa shape index (κ3) is 3.50. The molecule has 1 unspecified atom stereocenters. The molecule has 5 heteroatoms. The molecule has 1 saturated heterocycles. The molecule has 4 nitrogen and oxygen atoms in total. The van der Waals surface area contributed by atoms with Crippen LogP contribution in [0.2, 0.25) is 5.22 Å². The van der Waals surface area contributed by atoms with Crippen LogP contribution in [0.1, 0.15) is 5.76 Å². The van der Waals surface area contributed by atoms with Crippen LogP contribution in [-0.4, -0.2) is 32.5 Å². The predicted octanol–water partition coefficient (Wildman–Crippen LogP) is 1.44. The van der Waals surface area contributed by atoms with E-state index in [1.54, 1.807) is 6.07 Å². The van der Waals surface area contributed by atoms with Crippen LogP contribution >= 0.6 is 11.6 Å². The van der Waals surface area contributed by atoms with Crippen LogP contribution in [0.15, 0.2) is 16.5 Å². The first kappa shape index (κ1) is 11.0. The molecule has 0 bridgehead atoms. The smallest absolute Gasteiger partial charge is 0.193 e. The maximum Gasteiger partial charge on any atom is 0.193 e. The quantitative estimate of drug-likeness (QED) is 0.852. The molecule has 1 aliphatic rings. The lowest BCUT2D eigenvalue weighted by Gasteiger charge is -2.22. The third-order valence-electron chi connectivity index (χ3n) is 2.19. The molecule has 0 radical (unpaired) electrons. The number of ether oxygens (including phenoxy) is 2. The second-order valence-electron chi connectivity index (χ2n) is 3.40. The monoisotopic (exact) mass is 231 g/mol. The number of nitrogens with one attached hydrogen (secondary N) is 1. The first-order valence-electron chi connectivity index (χ1n) is 4.99. The average Bonchev–Trinajstić information content (AvgIpc) is 2.66. The van der Waals surface area contributed by atoms with Gasteiger partial charge in [-0.3, -0.25) is 0 Å². The van der Waals surface area contributed by atoms with Gasteiger partial charge >= 0.3 is 0 Å². The fraction of sp³-hybridized carbons (Fsp3) is 0.600. The Kier molecular flexibility index (Phi) is 4.02. The fourth-order valence-corrected chi connectivity index (χ4v) is 1.62. The summed E-state index contributed by atoms with van der Waals surface area (Å²) in [4.78, 5) is 0. The molecule has 1 aliphatic heterocycles. The average molecular weight is 232 g/mol. The summed E-state index contributed by atoms with van der Waals surface area (Å²) >= 11 is 5.65. The summed E-state index contributed by atoms with van der Waals surface area (Å²) in [6.07, 6.45) is 0.143. The van der Waals surface area contributed by atoms with E-state index in [0.29, 0.717) is 31.6 Å². The zero-order valence-electron chi connectivity index (χ0n) is 8.37. The van der Waals surface area contributed by atoms with Crippen LogP contribution in [0, 0.1) is 0 Å². The Labute approximate surface area is 93.5 Å². The largest absolute Gasteiger partial charge is 0.448 e. The van der Waals surface area contributed by atoms with Crippen molar-refractivity contribution in [2.24, 2.45) is 0 Å². The van der Waals surface area contributed by atoms with Crippen molar-refractivity contribution in [1.29, 1.82) is 0 Å². The summed E-state index contributed by atoms with van der Waals surface area (Å²) in [6, 6.07) is 3.59. The second kappa shape index (κ2) is 5.51. The molecule has 2 rings (SSSR count). The van der Waals surface area contributed by atoms with E-state index in [1.807, 2.05) is 6.07 Å². The van der Waals surface area contributed by atoms with Crippen molar-refractivity contribution < 1.29 is 13.9 Å². The molecule has 0 spiro atoms. The van der Waals surface area contributed by atoms with Crippen molar-refractivity contribution in [3.05, 3.63) is 23.1 Å².